The van der Waals surface area contributed by atoms with Crippen LogP contribution in [-0.2, 0) is 4.79 Å². The number of hydrogen-bond donors (Lipinski definition) is 1. The topological polar surface area (TPSA) is 29.1 Å². The summed E-state index contributed by atoms with van der Waals surface area (Å²) in [4.78, 5) is 11.0. The molecule has 2 nitrogen and oxygen atoms in total. The van der Waals surface area contributed by atoms with Crippen LogP contribution in [0.2, 0.25) is 0 Å². The molecule has 2 heteroatoms. The Kier molecular flexibility index (Phi) is 8.60. The minimum absolute atomic E-state index is 0. The van der Waals surface area contributed by atoms with Gasteiger partial charge in [-0.15, -0.1) is 0 Å². The van der Waals surface area contributed by atoms with E-state index in [9.17, 15) is 4.79 Å². The summed E-state index contributed by atoms with van der Waals surface area (Å²) in [5.41, 5.74) is 0.820. The molecule has 1 amide bonds. The maximum Gasteiger partial charge on any atom is 0.248 e. The van der Waals surface area contributed by atoms with E-state index < -0.39 is 0 Å². The van der Waals surface area contributed by atoms with Crippen molar-refractivity contribution in [2.75, 3.05) is 5.32 Å². The van der Waals surface area contributed by atoms with Gasteiger partial charge in [0.1, 0.15) is 0 Å². The fraction of sp³-hybridized carbons (Fsp3) is 0.214. The molecule has 0 saturated heterocycles. The minimum Gasteiger partial charge on any atom is -0.323 e. The summed E-state index contributed by atoms with van der Waals surface area (Å²) in [7, 11) is 0. The monoisotopic (exact) mass is 219 g/mol. The second-order valence-corrected chi connectivity index (χ2v) is 3.02. The fourth-order valence-corrected chi connectivity index (χ4v) is 0.857. The zero-order chi connectivity index (χ0) is 12.2. The lowest BCUT2D eigenvalue weighted by Gasteiger charge is -1.99. The number of nitrogens with one attached hydrogen (secondary N) is 1. The van der Waals surface area contributed by atoms with Crippen LogP contribution < -0.4 is 5.32 Å². The molecule has 88 valence electrons. The number of amides is 1. The van der Waals surface area contributed by atoms with Crippen molar-refractivity contribution in [1.82, 2.24) is 0 Å². The number of anilines is 1. The minimum atomic E-state index is -0.0938. The molecule has 1 aromatic carbocycles. The predicted octanol–water partition coefficient (Wildman–Crippen LogP) is 4.03. The van der Waals surface area contributed by atoms with Crippen LogP contribution in [0.3, 0.4) is 0 Å². The van der Waals surface area contributed by atoms with Crippen LogP contribution in [0.5, 0.6) is 0 Å². The SMILES string of the molecule is C/C=C/C.C/C=C/C(=O)Nc1ccccc1.[HH]. The Morgan fingerprint density at radius 1 is 1.06 bits per heavy atom. The molecule has 1 N–H and O–H groups in total. The van der Waals surface area contributed by atoms with Gasteiger partial charge in [0.25, 0.3) is 0 Å². The third kappa shape index (κ3) is 7.56. The van der Waals surface area contributed by atoms with E-state index in [0.717, 1.165) is 5.69 Å². The van der Waals surface area contributed by atoms with Crippen molar-refractivity contribution in [2.45, 2.75) is 20.8 Å². The van der Waals surface area contributed by atoms with E-state index in [0.29, 0.717) is 0 Å². The van der Waals surface area contributed by atoms with Gasteiger partial charge in [-0.1, -0.05) is 36.4 Å². The molecule has 0 aliphatic rings. The molecule has 0 aliphatic carbocycles. The number of hydrogen-bond acceptors (Lipinski definition) is 1. The fourth-order valence-electron chi connectivity index (χ4n) is 0.857. The molecule has 0 bridgehead atoms. The van der Waals surface area contributed by atoms with Crippen molar-refractivity contribution in [2.24, 2.45) is 0 Å². The summed E-state index contributed by atoms with van der Waals surface area (Å²) in [5.74, 6) is -0.0938. The molecule has 16 heavy (non-hydrogen) atoms. The highest BCUT2D eigenvalue weighted by Crippen LogP contribution is 2.04. The molecule has 0 heterocycles. The lowest BCUT2D eigenvalue weighted by molar-refractivity contribution is -0.111. The zero-order valence-electron chi connectivity index (χ0n) is 10.1. The molecule has 0 radical (unpaired) electrons. The highest BCUT2D eigenvalue weighted by atomic mass is 16.1. The average Bonchev–Trinajstić information content (AvgIpc) is 2.31. The van der Waals surface area contributed by atoms with Gasteiger partial charge in [0, 0.05) is 7.11 Å². The third-order valence-electron chi connectivity index (χ3n) is 1.69. The van der Waals surface area contributed by atoms with Crippen LogP contribution in [-0.4, -0.2) is 5.91 Å². The van der Waals surface area contributed by atoms with E-state index in [2.05, 4.69) is 5.32 Å². The van der Waals surface area contributed by atoms with Gasteiger partial charge in [-0.05, 0) is 39.0 Å². The first-order valence-corrected chi connectivity index (χ1v) is 5.30. The average molecular weight is 219 g/mol. The molecule has 0 atom stereocenters. The number of rotatable bonds is 2. The van der Waals surface area contributed by atoms with E-state index >= 15 is 0 Å². The summed E-state index contributed by atoms with van der Waals surface area (Å²) in [5, 5.41) is 2.72. The largest absolute Gasteiger partial charge is 0.323 e. The van der Waals surface area contributed by atoms with Crippen molar-refractivity contribution in [3.63, 3.8) is 0 Å². The van der Waals surface area contributed by atoms with E-state index in [4.69, 9.17) is 0 Å². The van der Waals surface area contributed by atoms with E-state index in [1.807, 2.05) is 63.3 Å². The Balaban J connectivity index is 0. The summed E-state index contributed by atoms with van der Waals surface area (Å²) >= 11 is 0. The first-order chi connectivity index (χ1) is 7.74. The number of para-hydroxylation sites is 1. The second-order valence-electron chi connectivity index (χ2n) is 3.02. The number of carbonyl (C=O) groups excluding carboxylic acids is 1. The Bertz CT molecular complexity index is 340. The van der Waals surface area contributed by atoms with Crippen molar-refractivity contribution in [3.05, 3.63) is 54.6 Å². The van der Waals surface area contributed by atoms with Gasteiger partial charge in [0.05, 0.1) is 0 Å². The van der Waals surface area contributed by atoms with Crippen molar-refractivity contribution in [1.29, 1.82) is 0 Å². The van der Waals surface area contributed by atoms with Gasteiger partial charge in [-0.25, -0.2) is 0 Å². The standard InChI is InChI=1S/C10H11NO.C4H8.H2/c1-2-6-10(12)11-9-7-4-3-5-8-9;1-3-4-2;/h2-8H,1H3,(H,11,12);3-4H,1-2H3;1H/b6-2+;4-3+;. The second kappa shape index (κ2) is 9.71. The zero-order valence-corrected chi connectivity index (χ0v) is 10.1. The Morgan fingerprint density at radius 2 is 1.62 bits per heavy atom. The van der Waals surface area contributed by atoms with Gasteiger partial charge in [0.2, 0.25) is 5.91 Å². The van der Waals surface area contributed by atoms with Gasteiger partial charge in [0.15, 0.2) is 0 Å². The maximum atomic E-state index is 11.0. The molecule has 0 aliphatic heterocycles. The van der Waals surface area contributed by atoms with Gasteiger partial charge in [-0.2, -0.15) is 0 Å². The Hall–Kier alpha value is -1.83. The summed E-state index contributed by atoms with van der Waals surface area (Å²) in [6, 6.07) is 9.37. The first-order valence-electron chi connectivity index (χ1n) is 5.30. The van der Waals surface area contributed by atoms with E-state index in [1.54, 1.807) is 6.08 Å². The predicted molar refractivity (Wildman–Crippen MR) is 72.5 cm³/mol. The van der Waals surface area contributed by atoms with Gasteiger partial charge in [-0.3, -0.25) is 4.79 Å². The summed E-state index contributed by atoms with van der Waals surface area (Å²) in [6.07, 6.45) is 7.20. The van der Waals surface area contributed by atoms with Crippen LogP contribution in [0.15, 0.2) is 54.6 Å². The summed E-state index contributed by atoms with van der Waals surface area (Å²) < 4.78 is 0. The number of carbonyl (C=O) groups is 1. The van der Waals surface area contributed by atoms with Crippen LogP contribution in [0.25, 0.3) is 0 Å². The lowest BCUT2D eigenvalue weighted by atomic mass is 10.3. The van der Waals surface area contributed by atoms with Gasteiger partial charge < -0.3 is 5.32 Å². The smallest absolute Gasteiger partial charge is 0.248 e. The van der Waals surface area contributed by atoms with Crippen molar-refractivity contribution in [3.8, 4) is 0 Å². The molecule has 0 unspecified atom stereocenters. The Morgan fingerprint density at radius 3 is 2.06 bits per heavy atom. The lowest BCUT2D eigenvalue weighted by Crippen LogP contribution is -2.06. The highest BCUT2D eigenvalue weighted by molar-refractivity contribution is 5.99. The first kappa shape index (κ1) is 14.2. The van der Waals surface area contributed by atoms with Crippen LogP contribution >= 0.6 is 0 Å². The summed E-state index contributed by atoms with van der Waals surface area (Å²) in [6.45, 7) is 5.81. The normalized spacial score (nSPS) is 9.94. The van der Waals surface area contributed by atoms with Crippen molar-refractivity contribution < 1.29 is 6.22 Å². The highest BCUT2D eigenvalue weighted by Gasteiger charge is 1.93. The van der Waals surface area contributed by atoms with Crippen LogP contribution in [0.1, 0.15) is 22.2 Å². The number of allylic oxidation sites excluding steroid dienone is 3. The molecule has 0 aromatic heterocycles. The molecule has 0 spiro atoms. The Labute approximate surface area is 99.2 Å². The van der Waals surface area contributed by atoms with E-state index in [1.165, 1.54) is 6.08 Å². The van der Waals surface area contributed by atoms with Gasteiger partial charge >= 0.3 is 0 Å². The van der Waals surface area contributed by atoms with Crippen LogP contribution in [0, 0.1) is 0 Å². The maximum absolute atomic E-state index is 11.0. The van der Waals surface area contributed by atoms with Crippen LogP contribution in [0.4, 0.5) is 5.69 Å². The molecular weight excluding hydrogens is 198 g/mol. The molecule has 0 fully saturated rings. The molecule has 0 saturated carbocycles. The number of benzene rings is 1. The van der Waals surface area contributed by atoms with E-state index in [-0.39, 0.29) is 7.33 Å². The van der Waals surface area contributed by atoms with Crippen molar-refractivity contribution >= 4 is 11.6 Å². The quantitative estimate of drug-likeness (QED) is 0.590. The molecule has 1 aromatic rings. The third-order valence-corrected chi connectivity index (χ3v) is 1.69. The molecular formula is C14H21NO. The molecule has 1 rings (SSSR count).